The largest absolute Gasteiger partial charge is 0.310 e. The van der Waals surface area contributed by atoms with E-state index in [1.54, 1.807) is 0 Å². The molecule has 1 aromatic heterocycles. The van der Waals surface area contributed by atoms with E-state index >= 15 is 0 Å². The lowest BCUT2D eigenvalue weighted by atomic mass is 9.68. The first-order valence-electron chi connectivity index (χ1n) is 26.9. The molecule has 4 aliphatic rings. The van der Waals surface area contributed by atoms with Gasteiger partial charge in [0.1, 0.15) is 0 Å². The van der Waals surface area contributed by atoms with Crippen molar-refractivity contribution < 1.29 is 0 Å². The van der Waals surface area contributed by atoms with Gasteiger partial charge < -0.3 is 4.90 Å². The molecule has 75 heavy (non-hydrogen) atoms. The van der Waals surface area contributed by atoms with Gasteiger partial charge in [-0.25, -0.2) is 0 Å². The molecule has 12 aromatic carbocycles. The third-order valence-corrected chi connectivity index (χ3v) is 19.4. The van der Waals surface area contributed by atoms with Crippen molar-refractivity contribution in [3.05, 3.63) is 270 Å². The van der Waals surface area contributed by atoms with Crippen LogP contribution >= 0.6 is 11.3 Å². The first kappa shape index (κ1) is 41.9. The maximum atomic E-state index is 2.65. The second kappa shape index (κ2) is 15.5. The van der Waals surface area contributed by atoms with Crippen LogP contribution < -0.4 is 4.90 Å². The zero-order valence-corrected chi connectivity index (χ0v) is 42.2. The van der Waals surface area contributed by atoms with Gasteiger partial charge in [-0.2, -0.15) is 0 Å². The summed E-state index contributed by atoms with van der Waals surface area (Å²) in [4.78, 5) is 2.65. The summed E-state index contributed by atoms with van der Waals surface area (Å²) < 4.78 is 2.63. The summed E-state index contributed by atoms with van der Waals surface area (Å²) in [6.45, 7) is 0. The maximum absolute atomic E-state index is 2.65. The number of anilines is 3. The molecule has 352 valence electrons. The summed E-state index contributed by atoms with van der Waals surface area (Å²) in [7, 11) is 0. The second-order valence-corrected chi connectivity index (χ2v) is 22.8. The molecule has 13 aromatic rings. The molecule has 17 rings (SSSR count). The molecule has 0 unspecified atom stereocenters. The molecule has 4 aliphatic carbocycles. The van der Waals surface area contributed by atoms with E-state index in [4.69, 9.17) is 0 Å². The van der Waals surface area contributed by atoms with Crippen LogP contribution in [0.15, 0.2) is 237 Å². The fraction of sp³-hybridized carbons (Fsp3) is 0.0959. The summed E-state index contributed by atoms with van der Waals surface area (Å²) in [6.07, 6.45) is 6.24. The molecule has 1 fully saturated rings. The van der Waals surface area contributed by atoms with Gasteiger partial charge in [-0.1, -0.05) is 201 Å². The van der Waals surface area contributed by atoms with Crippen molar-refractivity contribution in [2.24, 2.45) is 0 Å². The van der Waals surface area contributed by atoms with Gasteiger partial charge in [-0.3, -0.25) is 0 Å². The molecule has 2 spiro atoms. The van der Waals surface area contributed by atoms with Crippen LogP contribution in [0.3, 0.4) is 0 Å². The molecule has 0 atom stereocenters. The molecule has 1 saturated carbocycles. The average Bonchev–Trinajstić information content (AvgIpc) is 4.35. The van der Waals surface area contributed by atoms with Crippen molar-refractivity contribution in [1.82, 2.24) is 0 Å². The van der Waals surface area contributed by atoms with E-state index in [9.17, 15) is 0 Å². The molecule has 1 nitrogen and oxygen atoms in total. The number of thiophene rings is 1. The van der Waals surface area contributed by atoms with Gasteiger partial charge in [0.05, 0.1) is 11.1 Å². The predicted molar refractivity (Wildman–Crippen MR) is 318 cm³/mol. The third kappa shape index (κ3) is 5.57. The predicted octanol–water partition coefficient (Wildman–Crippen LogP) is 20.2. The van der Waals surface area contributed by atoms with Crippen LogP contribution in [0, 0.1) is 0 Å². The minimum atomic E-state index is -0.520. The second-order valence-electron chi connectivity index (χ2n) is 21.7. The van der Waals surface area contributed by atoms with Gasteiger partial charge in [-0.05, 0) is 172 Å². The van der Waals surface area contributed by atoms with E-state index in [1.165, 1.54) is 174 Å². The standard InChI is InChI=1S/C73H49NS/c1-16-38-72(39-17-1)63-27-11-6-24-55(63)60-42-47(34-36-64(60)72)74(46-33-35-52-50-20-3-2-18-48(50)49-19-4-5-21-51(49)59(52)41-46)69-44-68-61(43-58(69)45-32-37-71-62(40-45)57-26-10-15-31-70(57)75-71)56-25-9-14-30-67(56)73(68)65-28-12-7-22-53(65)54-23-8-13-29-66(54)73/h2-15,18-37,40-44H,1,16-17,38-39H2. The van der Waals surface area contributed by atoms with E-state index in [1.807, 2.05) is 11.3 Å². The van der Waals surface area contributed by atoms with E-state index in [2.05, 4.69) is 241 Å². The van der Waals surface area contributed by atoms with Crippen molar-refractivity contribution in [2.45, 2.75) is 42.9 Å². The van der Waals surface area contributed by atoms with Crippen LogP contribution in [0.4, 0.5) is 17.1 Å². The topological polar surface area (TPSA) is 3.24 Å². The Labute approximate surface area is 440 Å². The van der Waals surface area contributed by atoms with E-state index in [0.29, 0.717) is 0 Å². The smallest absolute Gasteiger partial charge is 0.0726 e. The molecular weight excluding hydrogens is 923 g/mol. The van der Waals surface area contributed by atoms with Crippen molar-refractivity contribution in [2.75, 3.05) is 4.90 Å². The number of nitrogens with zero attached hydrogens (tertiary/aromatic N) is 1. The number of benzene rings is 12. The number of hydrogen-bond acceptors (Lipinski definition) is 2. The zero-order valence-electron chi connectivity index (χ0n) is 41.4. The van der Waals surface area contributed by atoms with E-state index in [0.717, 1.165) is 5.69 Å². The quantitative estimate of drug-likeness (QED) is 0.159. The Bertz CT molecular complexity index is 4520. The molecule has 0 saturated heterocycles. The Morgan fingerprint density at radius 1 is 0.293 bits per heavy atom. The highest BCUT2D eigenvalue weighted by Crippen LogP contribution is 2.65. The highest BCUT2D eigenvalue weighted by atomic mass is 32.1. The Kier molecular flexibility index (Phi) is 8.65. The van der Waals surface area contributed by atoms with Gasteiger partial charge in [0, 0.05) is 42.5 Å². The minimum Gasteiger partial charge on any atom is -0.310 e. The highest BCUT2D eigenvalue weighted by Gasteiger charge is 2.52. The van der Waals surface area contributed by atoms with Crippen LogP contribution in [-0.4, -0.2) is 0 Å². The molecular formula is C73H49NS. The van der Waals surface area contributed by atoms with Gasteiger partial charge in [0.15, 0.2) is 0 Å². The Balaban J connectivity index is 1.01. The average molecular weight is 972 g/mol. The molecule has 0 amide bonds. The highest BCUT2D eigenvalue weighted by molar-refractivity contribution is 7.25. The molecule has 0 aliphatic heterocycles. The summed E-state index contributed by atoms with van der Waals surface area (Å²) in [6, 6.07) is 91.3. The van der Waals surface area contributed by atoms with E-state index < -0.39 is 5.41 Å². The van der Waals surface area contributed by atoms with Crippen LogP contribution in [0.5, 0.6) is 0 Å². The summed E-state index contributed by atoms with van der Waals surface area (Å²) >= 11 is 1.89. The maximum Gasteiger partial charge on any atom is 0.0726 e. The van der Waals surface area contributed by atoms with Gasteiger partial charge in [-0.15, -0.1) is 11.3 Å². The third-order valence-electron chi connectivity index (χ3n) is 18.2. The first-order valence-corrected chi connectivity index (χ1v) is 27.8. The zero-order chi connectivity index (χ0) is 49.0. The molecule has 0 bridgehead atoms. The summed E-state index contributed by atoms with van der Waals surface area (Å²) in [5.74, 6) is 0. The number of fused-ring (bicyclic) bond motifs is 24. The van der Waals surface area contributed by atoms with Crippen molar-refractivity contribution in [3.63, 3.8) is 0 Å². The van der Waals surface area contributed by atoms with Crippen molar-refractivity contribution in [3.8, 4) is 44.5 Å². The van der Waals surface area contributed by atoms with Gasteiger partial charge >= 0.3 is 0 Å². The van der Waals surface area contributed by atoms with Crippen LogP contribution in [0.1, 0.15) is 65.5 Å². The molecule has 1 heterocycles. The Hall–Kier alpha value is -8.56. The lowest BCUT2D eigenvalue weighted by Gasteiger charge is -2.36. The monoisotopic (exact) mass is 971 g/mol. The fourth-order valence-corrected chi connectivity index (χ4v) is 16.3. The molecule has 0 N–H and O–H groups in total. The molecule has 0 radical (unpaired) electrons. The Morgan fingerprint density at radius 3 is 1.44 bits per heavy atom. The first-order chi connectivity index (χ1) is 37.2. The fourth-order valence-electron chi connectivity index (χ4n) is 15.2. The van der Waals surface area contributed by atoms with Crippen LogP contribution in [-0.2, 0) is 10.8 Å². The number of hydrogen-bond donors (Lipinski definition) is 0. The molecule has 2 heteroatoms. The number of rotatable bonds is 4. The lowest BCUT2D eigenvalue weighted by molar-refractivity contribution is 0.353. The summed E-state index contributed by atoms with van der Waals surface area (Å²) in [5, 5.41) is 10.3. The minimum absolute atomic E-state index is 0.0509. The van der Waals surface area contributed by atoms with Crippen LogP contribution in [0.25, 0.3) is 97.0 Å². The summed E-state index contributed by atoms with van der Waals surface area (Å²) in [5.41, 5.74) is 21.8. The lowest BCUT2D eigenvalue weighted by Crippen LogP contribution is -2.28. The van der Waals surface area contributed by atoms with Crippen LogP contribution in [0.2, 0.25) is 0 Å². The van der Waals surface area contributed by atoms with Gasteiger partial charge in [0.2, 0.25) is 0 Å². The van der Waals surface area contributed by atoms with E-state index in [-0.39, 0.29) is 5.41 Å². The normalized spacial score (nSPS) is 15.1. The SMILES string of the molecule is c1ccc2c(c1)-c1cc(N(c3ccc4c5ccccc5c5ccccc5c4c3)c3cc4c(cc3-c3ccc5sc6ccccc6c5c3)-c3ccccc3C43c4ccccc4-c4ccccc43)ccc1C21CCCCC1. The van der Waals surface area contributed by atoms with Gasteiger partial charge in [0.25, 0.3) is 0 Å². The van der Waals surface area contributed by atoms with Crippen molar-refractivity contribution in [1.29, 1.82) is 0 Å². The Morgan fingerprint density at radius 2 is 0.773 bits per heavy atom. The van der Waals surface area contributed by atoms with Crippen molar-refractivity contribution >= 4 is 80.9 Å².